The Hall–Kier alpha value is -3.01. The molecule has 1 aromatic heterocycles. The maximum Gasteiger partial charge on any atom is 0.416 e. The highest BCUT2D eigenvalue weighted by Gasteiger charge is 2.30. The van der Waals surface area contributed by atoms with Crippen molar-refractivity contribution in [3.05, 3.63) is 65.5 Å². The SMILES string of the molecule is CCc1ccc(OCc2nnc(SCC(=O)Nc3cccc(C(F)(F)F)c3)n2CC)cc1. The Balaban J connectivity index is 1.57. The number of ether oxygens (including phenoxy) is 1. The Bertz CT molecular complexity index is 1050. The first-order valence-corrected chi connectivity index (χ1v) is 11.0. The fourth-order valence-electron chi connectivity index (χ4n) is 2.92. The number of aromatic nitrogens is 3. The van der Waals surface area contributed by atoms with Gasteiger partial charge in [-0.2, -0.15) is 13.2 Å². The summed E-state index contributed by atoms with van der Waals surface area (Å²) in [4.78, 5) is 12.2. The lowest BCUT2D eigenvalue weighted by atomic mass is 10.2. The Morgan fingerprint density at radius 2 is 1.88 bits per heavy atom. The van der Waals surface area contributed by atoms with E-state index in [1.54, 1.807) is 0 Å². The van der Waals surface area contributed by atoms with Gasteiger partial charge in [0.1, 0.15) is 12.4 Å². The molecule has 2 aromatic carbocycles. The van der Waals surface area contributed by atoms with Gasteiger partial charge < -0.3 is 14.6 Å². The van der Waals surface area contributed by atoms with E-state index in [0.29, 0.717) is 17.5 Å². The minimum absolute atomic E-state index is 0.0201. The van der Waals surface area contributed by atoms with Crippen molar-refractivity contribution >= 4 is 23.4 Å². The van der Waals surface area contributed by atoms with Crippen LogP contribution < -0.4 is 10.1 Å². The molecule has 3 aromatic rings. The van der Waals surface area contributed by atoms with Crippen molar-refractivity contribution in [1.29, 1.82) is 0 Å². The van der Waals surface area contributed by atoms with E-state index >= 15 is 0 Å². The molecule has 0 fully saturated rings. The lowest BCUT2D eigenvalue weighted by Crippen LogP contribution is -2.15. The lowest BCUT2D eigenvalue weighted by Gasteiger charge is -2.10. The van der Waals surface area contributed by atoms with Crippen LogP contribution in [0.15, 0.2) is 53.7 Å². The molecule has 10 heteroatoms. The molecule has 1 N–H and O–H groups in total. The summed E-state index contributed by atoms with van der Waals surface area (Å²) < 4.78 is 46.1. The van der Waals surface area contributed by atoms with Crippen LogP contribution in [-0.2, 0) is 30.5 Å². The van der Waals surface area contributed by atoms with E-state index in [9.17, 15) is 18.0 Å². The minimum Gasteiger partial charge on any atom is -0.486 e. The Kier molecular flexibility index (Phi) is 7.79. The molecule has 0 spiro atoms. The Morgan fingerprint density at radius 1 is 1.12 bits per heavy atom. The summed E-state index contributed by atoms with van der Waals surface area (Å²) in [5.74, 6) is 0.887. The molecule has 32 heavy (non-hydrogen) atoms. The van der Waals surface area contributed by atoms with Crippen molar-refractivity contribution in [3.8, 4) is 5.75 Å². The van der Waals surface area contributed by atoms with Gasteiger partial charge >= 0.3 is 6.18 Å². The second kappa shape index (κ2) is 10.5. The van der Waals surface area contributed by atoms with Gasteiger partial charge in [-0.3, -0.25) is 4.79 Å². The first-order chi connectivity index (χ1) is 15.3. The molecule has 0 saturated carbocycles. The zero-order chi connectivity index (χ0) is 23.1. The molecule has 0 atom stereocenters. The monoisotopic (exact) mass is 464 g/mol. The fraction of sp³-hybridized carbons (Fsp3) is 0.318. The van der Waals surface area contributed by atoms with Crippen molar-refractivity contribution in [2.24, 2.45) is 0 Å². The maximum absolute atomic E-state index is 12.8. The summed E-state index contributed by atoms with van der Waals surface area (Å²) in [5, 5.41) is 11.3. The number of benzene rings is 2. The van der Waals surface area contributed by atoms with Gasteiger partial charge in [0, 0.05) is 12.2 Å². The van der Waals surface area contributed by atoms with Crippen LogP contribution in [0, 0.1) is 0 Å². The third-order valence-corrected chi connectivity index (χ3v) is 5.58. The van der Waals surface area contributed by atoms with E-state index in [4.69, 9.17) is 4.74 Å². The van der Waals surface area contributed by atoms with Crippen LogP contribution in [0.25, 0.3) is 0 Å². The average Bonchev–Trinajstić information content (AvgIpc) is 3.18. The van der Waals surface area contributed by atoms with Gasteiger partial charge in [0.25, 0.3) is 0 Å². The molecule has 170 valence electrons. The van der Waals surface area contributed by atoms with Crippen LogP contribution in [0.4, 0.5) is 18.9 Å². The predicted octanol–water partition coefficient (Wildman–Crippen LogP) is 5.19. The number of nitrogens with zero attached hydrogens (tertiary/aromatic N) is 3. The Labute approximate surface area is 188 Å². The van der Waals surface area contributed by atoms with Crippen molar-refractivity contribution in [1.82, 2.24) is 14.8 Å². The summed E-state index contributed by atoms with van der Waals surface area (Å²) >= 11 is 1.16. The molecule has 0 unspecified atom stereocenters. The van der Waals surface area contributed by atoms with Gasteiger partial charge in [0.2, 0.25) is 5.91 Å². The van der Waals surface area contributed by atoms with Crippen molar-refractivity contribution < 1.29 is 22.7 Å². The number of halogens is 3. The fourth-order valence-corrected chi connectivity index (χ4v) is 3.74. The number of carbonyl (C=O) groups excluding carboxylic acids is 1. The Morgan fingerprint density at radius 3 is 2.53 bits per heavy atom. The maximum atomic E-state index is 12.8. The molecule has 1 heterocycles. The smallest absolute Gasteiger partial charge is 0.416 e. The molecule has 0 bridgehead atoms. The largest absolute Gasteiger partial charge is 0.486 e. The number of carbonyl (C=O) groups is 1. The molecular weight excluding hydrogens is 441 g/mol. The van der Waals surface area contributed by atoms with E-state index in [0.717, 1.165) is 36.1 Å². The third-order valence-electron chi connectivity index (χ3n) is 4.62. The third kappa shape index (κ3) is 6.25. The summed E-state index contributed by atoms with van der Waals surface area (Å²) in [6, 6.07) is 12.3. The molecule has 6 nitrogen and oxygen atoms in total. The topological polar surface area (TPSA) is 69.0 Å². The van der Waals surface area contributed by atoms with E-state index < -0.39 is 17.6 Å². The van der Waals surface area contributed by atoms with Crippen LogP contribution >= 0.6 is 11.8 Å². The van der Waals surface area contributed by atoms with Crippen LogP contribution in [-0.4, -0.2) is 26.4 Å². The summed E-state index contributed by atoms with van der Waals surface area (Å²) in [7, 11) is 0. The molecular formula is C22H23F3N4O2S. The molecule has 0 saturated heterocycles. The second-order valence-electron chi connectivity index (χ2n) is 6.84. The van der Waals surface area contributed by atoms with Crippen molar-refractivity contribution in [2.45, 2.75) is 44.8 Å². The van der Waals surface area contributed by atoms with Gasteiger partial charge in [0.05, 0.1) is 11.3 Å². The molecule has 1 amide bonds. The highest BCUT2D eigenvalue weighted by Crippen LogP contribution is 2.30. The number of hydrogen-bond acceptors (Lipinski definition) is 5. The predicted molar refractivity (Wildman–Crippen MR) is 117 cm³/mol. The second-order valence-corrected chi connectivity index (χ2v) is 7.79. The van der Waals surface area contributed by atoms with Crippen LogP contribution in [0.3, 0.4) is 0 Å². The number of anilines is 1. The molecule has 0 aliphatic rings. The van der Waals surface area contributed by atoms with Crippen molar-refractivity contribution in [2.75, 3.05) is 11.1 Å². The molecule has 0 radical (unpaired) electrons. The van der Waals surface area contributed by atoms with Gasteiger partial charge in [-0.15, -0.1) is 10.2 Å². The van der Waals surface area contributed by atoms with Gasteiger partial charge in [-0.05, 0) is 49.2 Å². The average molecular weight is 465 g/mol. The molecule has 0 aliphatic heterocycles. The van der Waals surface area contributed by atoms with E-state index in [1.165, 1.54) is 17.7 Å². The number of rotatable bonds is 9. The number of nitrogens with one attached hydrogen (secondary N) is 1. The zero-order valence-corrected chi connectivity index (χ0v) is 18.5. The number of amides is 1. The quantitative estimate of drug-likeness (QED) is 0.442. The van der Waals surface area contributed by atoms with E-state index in [-0.39, 0.29) is 18.0 Å². The number of alkyl halides is 3. The summed E-state index contributed by atoms with van der Waals surface area (Å²) in [5.41, 5.74) is 0.490. The van der Waals surface area contributed by atoms with Crippen LogP contribution in [0.5, 0.6) is 5.75 Å². The zero-order valence-electron chi connectivity index (χ0n) is 17.6. The standard InChI is InChI=1S/C22H23F3N4O2S/c1-3-15-8-10-18(11-9-15)31-13-19-27-28-21(29(19)4-2)32-14-20(30)26-17-7-5-6-16(12-17)22(23,24)25/h5-12H,3-4,13-14H2,1-2H3,(H,26,30). The number of aryl methyl sites for hydroxylation is 1. The van der Waals surface area contributed by atoms with E-state index in [2.05, 4.69) is 22.4 Å². The highest BCUT2D eigenvalue weighted by atomic mass is 32.2. The van der Waals surface area contributed by atoms with Crippen LogP contribution in [0.2, 0.25) is 0 Å². The summed E-state index contributed by atoms with van der Waals surface area (Å²) in [6.07, 6.45) is -3.52. The molecule has 3 rings (SSSR count). The number of thioether (sulfide) groups is 1. The highest BCUT2D eigenvalue weighted by molar-refractivity contribution is 7.99. The lowest BCUT2D eigenvalue weighted by molar-refractivity contribution is -0.137. The van der Waals surface area contributed by atoms with Crippen LogP contribution in [0.1, 0.15) is 30.8 Å². The number of hydrogen-bond donors (Lipinski definition) is 1. The first kappa shape index (κ1) is 23.6. The normalized spacial score (nSPS) is 11.4. The van der Waals surface area contributed by atoms with Gasteiger partial charge in [-0.25, -0.2) is 0 Å². The minimum atomic E-state index is -4.47. The summed E-state index contributed by atoms with van der Waals surface area (Å²) in [6.45, 7) is 4.82. The first-order valence-electron chi connectivity index (χ1n) is 10.0. The van der Waals surface area contributed by atoms with Crippen molar-refractivity contribution in [3.63, 3.8) is 0 Å². The molecule has 0 aliphatic carbocycles. The van der Waals surface area contributed by atoms with Gasteiger partial charge in [-0.1, -0.05) is 36.9 Å². The van der Waals surface area contributed by atoms with Gasteiger partial charge in [0.15, 0.2) is 11.0 Å². The van der Waals surface area contributed by atoms with E-state index in [1.807, 2.05) is 35.8 Å².